The maximum Gasteiger partial charge on any atom is 0.251 e. The molecule has 0 aliphatic carbocycles. The van der Waals surface area contributed by atoms with E-state index in [4.69, 9.17) is 11.6 Å². The van der Waals surface area contributed by atoms with Crippen molar-refractivity contribution in [3.8, 4) is 0 Å². The van der Waals surface area contributed by atoms with E-state index in [1.807, 2.05) is 0 Å². The van der Waals surface area contributed by atoms with Crippen molar-refractivity contribution in [3.05, 3.63) is 70.5 Å². The summed E-state index contributed by atoms with van der Waals surface area (Å²) >= 11 is 5.81. The Labute approximate surface area is 138 Å². The van der Waals surface area contributed by atoms with Gasteiger partial charge in [-0.1, -0.05) is 29.8 Å². The third-order valence-corrected chi connectivity index (χ3v) is 3.38. The van der Waals surface area contributed by atoms with Gasteiger partial charge in [0.2, 0.25) is 5.91 Å². The second-order valence-electron chi connectivity index (χ2n) is 4.92. The Balaban J connectivity index is 1.70. The van der Waals surface area contributed by atoms with E-state index in [2.05, 4.69) is 10.6 Å². The Morgan fingerprint density at radius 3 is 2.48 bits per heavy atom. The Morgan fingerprint density at radius 1 is 1.04 bits per heavy atom. The zero-order chi connectivity index (χ0) is 16.7. The third-order valence-electron chi connectivity index (χ3n) is 3.15. The van der Waals surface area contributed by atoms with Gasteiger partial charge in [-0.25, -0.2) is 4.39 Å². The van der Waals surface area contributed by atoms with Crippen molar-refractivity contribution >= 4 is 23.4 Å². The monoisotopic (exact) mass is 334 g/mol. The molecule has 0 bridgehead atoms. The SMILES string of the molecule is O=C(CNC(=O)c1cccc(Cl)c1)NCCc1ccc(F)cc1. The van der Waals surface area contributed by atoms with Crippen LogP contribution >= 0.6 is 11.6 Å². The molecule has 0 radical (unpaired) electrons. The first-order valence-electron chi connectivity index (χ1n) is 7.09. The number of hydrogen-bond donors (Lipinski definition) is 2. The molecule has 23 heavy (non-hydrogen) atoms. The minimum Gasteiger partial charge on any atom is -0.354 e. The maximum atomic E-state index is 12.8. The van der Waals surface area contributed by atoms with Crippen LogP contribution in [0.5, 0.6) is 0 Å². The van der Waals surface area contributed by atoms with Gasteiger partial charge in [-0.2, -0.15) is 0 Å². The summed E-state index contributed by atoms with van der Waals surface area (Å²) in [5.74, 6) is -0.940. The van der Waals surface area contributed by atoms with Gasteiger partial charge >= 0.3 is 0 Å². The zero-order valence-corrected chi connectivity index (χ0v) is 13.1. The van der Waals surface area contributed by atoms with Gasteiger partial charge in [0.05, 0.1) is 6.54 Å². The first-order valence-corrected chi connectivity index (χ1v) is 7.47. The van der Waals surface area contributed by atoms with Crippen LogP contribution < -0.4 is 10.6 Å². The van der Waals surface area contributed by atoms with Crippen molar-refractivity contribution < 1.29 is 14.0 Å². The van der Waals surface area contributed by atoms with Gasteiger partial charge in [0.1, 0.15) is 5.82 Å². The van der Waals surface area contributed by atoms with Crippen LogP contribution in [-0.2, 0) is 11.2 Å². The van der Waals surface area contributed by atoms with Gasteiger partial charge in [0, 0.05) is 17.1 Å². The molecule has 2 amide bonds. The highest BCUT2D eigenvalue weighted by molar-refractivity contribution is 6.30. The second kappa shape index (κ2) is 8.29. The molecule has 0 saturated heterocycles. The fourth-order valence-electron chi connectivity index (χ4n) is 1.95. The van der Waals surface area contributed by atoms with E-state index in [1.54, 1.807) is 30.3 Å². The van der Waals surface area contributed by atoms with Gasteiger partial charge in [-0.15, -0.1) is 0 Å². The second-order valence-corrected chi connectivity index (χ2v) is 5.36. The van der Waals surface area contributed by atoms with E-state index >= 15 is 0 Å². The minimum absolute atomic E-state index is 0.116. The van der Waals surface area contributed by atoms with Gasteiger partial charge in [0.15, 0.2) is 0 Å². The van der Waals surface area contributed by atoms with Gasteiger partial charge in [0.25, 0.3) is 5.91 Å². The predicted molar refractivity (Wildman–Crippen MR) is 86.9 cm³/mol. The molecule has 2 rings (SSSR count). The van der Waals surface area contributed by atoms with E-state index in [9.17, 15) is 14.0 Å². The fourth-order valence-corrected chi connectivity index (χ4v) is 2.14. The molecule has 0 aliphatic heterocycles. The lowest BCUT2D eigenvalue weighted by molar-refractivity contribution is -0.120. The Hall–Kier alpha value is -2.40. The number of rotatable bonds is 6. The van der Waals surface area contributed by atoms with Crippen LogP contribution in [0.2, 0.25) is 5.02 Å². The Kier molecular flexibility index (Phi) is 6.11. The quantitative estimate of drug-likeness (QED) is 0.853. The Bertz CT molecular complexity index is 689. The molecule has 0 fully saturated rings. The van der Waals surface area contributed by atoms with E-state index in [0.717, 1.165) is 5.56 Å². The van der Waals surface area contributed by atoms with Crippen molar-refractivity contribution in [2.24, 2.45) is 0 Å². The van der Waals surface area contributed by atoms with Crippen molar-refractivity contribution in [3.63, 3.8) is 0 Å². The van der Waals surface area contributed by atoms with Crippen LogP contribution in [0.25, 0.3) is 0 Å². The third kappa shape index (κ3) is 5.71. The molecule has 120 valence electrons. The molecule has 4 nitrogen and oxygen atoms in total. The lowest BCUT2D eigenvalue weighted by atomic mass is 10.1. The molecule has 2 N–H and O–H groups in total. The largest absolute Gasteiger partial charge is 0.354 e. The van der Waals surface area contributed by atoms with Gasteiger partial charge in [-0.05, 0) is 42.3 Å². The highest BCUT2D eigenvalue weighted by Crippen LogP contribution is 2.10. The zero-order valence-electron chi connectivity index (χ0n) is 12.3. The molecule has 0 aliphatic rings. The number of carbonyl (C=O) groups is 2. The average molecular weight is 335 g/mol. The highest BCUT2D eigenvalue weighted by atomic mass is 35.5. The summed E-state index contributed by atoms with van der Waals surface area (Å²) < 4.78 is 12.8. The van der Waals surface area contributed by atoms with E-state index < -0.39 is 0 Å². The van der Waals surface area contributed by atoms with Crippen LogP contribution in [-0.4, -0.2) is 24.9 Å². The maximum absolute atomic E-state index is 12.8. The number of benzene rings is 2. The molecule has 2 aromatic carbocycles. The molecule has 0 heterocycles. The Morgan fingerprint density at radius 2 is 1.78 bits per heavy atom. The summed E-state index contributed by atoms with van der Waals surface area (Å²) in [6, 6.07) is 12.6. The topological polar surface area (TPSA) is 58.2 Å². The summed E-state index contributed by atoms with van der Waals surface area (Å²) in [5.41, 5.74) is 1.33. The minimum atomic E-state index is -0.360. The standard InChI is InChI=1S/C17H16ClFN2O2/c18-14-3-1-2-13(10-14)17(23)21-11-16(22)20-9-8-12-4-6-15(19)7-5-12/h1-7,10H,8-9,11H2,(H,20,22)(H,21,23). The number of nitrogens with one attached hydrogen (secondary N) is 2. The number of halogens is 2. The highest BCUT2D eigenvalue weighted by Gasteiger charge is 2.08. The van der Waals surface area contributed by atoms with Gasteiger partial charge < -0.3 is 10.6 Å². The average Bonchev–Trinajstić information content (AvgIpc) is 2.54. The summed E-state index contributed by atoms with van der Waals surface area (Å²) in [6.07, 6.45) is 0.592. The van der Waals surface area contributed by atoms with Crippen LogP contribution in [0.3, 0.4) is 0 Å². The summed E-state index contributed by atoms with van der Waals surface area (Å²) in [7, 11) is 0. The number of hydrogen-bond acceptors (Lipinski definition) is 2. The van der Waals surface area contributed by atoms with Crippen molar-refractivity contribution in [1.82, 2.24) is 10.6 Å². The van der Waals surface area contributed by atoms with E-state index in [-0.39, 0.29) is 24.2 Å². The van der Waals surface area contributed by atoms with E-state index in [1.165, 1.54) is 18.2 Å². The first-order chi connectivity index (χ1) is 11.0. The molecule has 6 heteroatoms. The molecule has 0 saturated carbocycles. The van der Waals surface area contributed by atoms with Gasteiger partial charge in [-0.3, -0.25) is 9.59 Å². The lowest BCUT2D eigenvalue weighted by Gasteiger charge is -2.07. The van der Waals surface area contributed by atoms with Crippen LogP contribution in [0, 0.1) is 5.82 Å². The molecule has 0 unspecified atom stereocenters. The summed E-state index contributed by atoms with van der Waals surface area (Å²) in [6.45, 7) is 0.298. The van der Waals surface area contributed by atoms with Crippen LogP contribution in [0.1, 0.15) is 15.9 Å². The normalized spacial score (nSPS) is 10.2. The van der Waals surface area contributed by atoms with Crippen molar-refractivity contribution in [1.29, 1.82) is 0 Å². The molecular formula is C17H16ClFN2O2. The molecule has 0 aromatic heterocycles. The predicted octanol–water partition coefficient (Wildman–Crippen LogP) is 2.57. The van der Waals surface area contributed by atoms with Crippen molar-refractivity contribution in [2.45, 2.75) is 6.42 Å². The molecular weight excluding hydrogens is 319 g/mol. The number of carbonyl (C=O) groups excluding carboxylic acids is 2. The van der Waals surface area contributed by atoms with Crippen LogP contribution in [0.4, 0.5) is 4.39 Å². The number of amides is 2. The molecule has 0 spiro atoms. The fraction of sp³-hybridized carbons (Fsp3) is 0.176. The molecule has 0 atom stereocenters. The smallest absolute Gasteiger partial charge is 0.251 e. The molecule has 2 aromatic rings. The first kappa shape index (κ1) is 17.0. The van der Waals surface area contributed by atoms with Crippen molar-refractivity contribution in [2.75, 3.05) is 13.1 Å². The van der Waals surface area contributed by atoms with E-state index in [0.29, 0.717) is 23.6 Å². The lowest BCUT2D eigenvalue weighted by Crippen LogP contribution is -2.37. The summed E-state index contributed by atoms with van der Waals surface area (Å²) in [4.78, 5) is 23.5. The summed E-state index contributed by atoms with van der Waals surface area (Å²) in [5, 5.41) is 5.67. The van der Waals surface area contributed by atoms with Crippen LogP contribution in [0.15, 0.2) is 48.5 Å².